The first-order valence-electron chi connectivity index (χ1n) is 5.18. The predicted octanol–water partition coefficient (Wildman–Crippen LogP) is 1.37. The average molecular weight is 186 g/mol. The van der Waals surface area contributed by atoms with Crippen molar-refractivity contribution in [3.8, 4) is 0 Å². The van der Waals surface area contributed by atoms with Crippen molar-refractivity contribution >= 4 is 5.91 Å². The van der Waals surface area contributed by atoms with Gasteiger partial charge < -0.3 is 10.6 Å². The molecule has 0 aliphatic rings. The fourth-order valence-corrected chi connectivity index (χ4v) is 1.40. The number of carbonyl (C=O) groups is 1. The standard InChI is InChI=1S/C10H22N2O/c1-4-7-9(11)8-10(13)12(5-2)6-3/h9H,4-8,11H2,1-3H3. The zero-order valence-corrected chi connectivity index (χ0v) is 9.05. The van der Waals surface area contributed by atoms with E-state index in [1.807, 2.05) is 18.7 Å². The molecule has 2 N–H and O–H groups in total. The molecular formula is C10H22N2O. The van der Waals surface area contributed by atoms with Crippen LogP contribution in [-0.2, 0) is 4.79 Å². The molecule has 1 unspecified atom stereocenters. The van der Waals surface area contributed by atoms with Gasteiger partial charge in [0.05, 0.1) is 0 Å². The Morgan fingerprint density at radius 3 is 2.23 bits per heavy atom. The fourth-order valence-electron chi connectivity index (χ4n) is 1.40. The van der Waals surface area contributed by atoms with Crippen LogP contribution in [0.3, 0.4) is 0 Å². The van der Waals surface area contributed by atoms with Gasteiger partial charge in [-0.2, -0.15) is 0 Å². The first-order chi connectivity index (χ1) is 6.15. The van der Waals surface area contributed by atoms with Crippen LogP contribution in [0.25, 0.3) is 0 Å². The zero-order chi connectivity index (χ0) is 10.3. The largest absolute Gasteiger partial charge is 0.343 e. The molecule has 13 heavy (non-hydrogen) atoms. The number of nitrogens with two attached hydrogens (primary N) is 1. The van der Waals surface area contributed by atoms with Gasteiger partial charge in [0.25, 0.3) is 0 Å². The number of hydrogen-bond acceptors (Lipinski definition) is 2. The lowest BCUT2D eigenvalue weighted by molar-refractivity contribution is -0.131. The summed E-state index contributed by atoms with van der Waals surface area (Å²) in [7, 11) is 0. The minimum Gasteiger partial charge on any atom is -0.343 e. The van der Waals surface area contributed by atoms with E-state index in [0.29, 0.717) is 6.42 Å². The number of nitrogens with zero attached hydrogens (tertiary/aromatic N) is 1. The Labute approximate surface area is 81.3 Å². The van der Waals surface area contributed by atoms with Gasteiger partial charge in [-0.1, -0.05) is 13.3 Å². The Kier molecular flexibility index (Phi) is 6.59. The molecule has 0 saturated carbocycles. The summed E-state index contributed by atoms with van der Waals surface area (Å²) in [6.45, 7) is 7.64. The zero-order valence-electron chi connectivity index (χ0n) is 9.05. The minimum atomic E-state index is 0.0399. The summed E-state index contributed by atoms with van der Waals surface area (Å²) in [5.41, 5.74) is 5.78. The first kappa shape index (κ1) is 12.4. The summed E-state index contributed by atoms with van der Waals surface area (Å²) in [4.78, 5) is 13.4. The molecule has 0 fully saturated rings. The number of amides is 1. The first-order valence-corrected chi connectivity index (χ1v) is 5.18. The van der Waals surface area contributed by atoms with Crippen molar-refractivity contribution in [2.75, 3.05) is 13.1 Å². The van der Waals surface area contributed by atoms with Crippen molar-refractivity contribution in [2.45, 2.75) is 46.1 Å². The molecular weight excluding hydrogens is 164 g/mol. The maximum atomic E-state index is 11.5. The minimum absolute atomic E-state index is 0.0399. The lowest BCUT2D eigenvalue weighted by Crippen LogP contribution is -2.35. The molecule has 0 radical (unpaired) electrons. The third-order valence-electron chi connectivity index (χ3n) is 2.21. The van der Waals surface area contributed by atoms with Crippen LogP contribution < -0.4 is 5.73 Å². The Morgan fingerprint density at radius 1 is 1.31 bits per heavy atom. The van der Waals surface area contributed by atoms with Crippen molar-refractivity contribution in [3.63, 3.8) is 0 Å². The molecule has 0 saturated heterocycles. The Hall–Kier alpha value is -0.570. The van der Waals surface area contributed by atoms with Crippen molar-refractivity contribution in [1.29, 1.82) is 0 Å². The lowest BCUT2D eigenvalue weighted by atomic mass is 10.1. The molecule has 0 aromatic carbocycles. The van der Waals surface area contributed by atoms with Crippen LogP contribution in [0, 0.1) is 0 Å². The monoisotopic (exact) mass is 186 g/mol. The van der Waals surface area contributed by atoms with Gasteiger partial charge in [0.2, 0.25) is 5.91 Å². The molecule has 0 aliphatic heterocycles. The lowest BCUT2D eigenvalue weighted by Gasteiger charge is -2.20. The fraction of sp³-hybridized carbons (Fsp3) is 0.900. The van der Waals surface area contributed by atoms with E-state index in [1.54, 1.807) is 0 Å². The van der Waals surface area contributed by atoms with E-state index >= 15 is 0 Å². The maximum absolute atomic E-state index is 11.5. The third kappa shape index (κ3) is 4.88. The Balaban J connectivity index is 3.83. The number of hydrogen-bond donors (Lipinski definition) is 1. The topological polar surface area (TPSA) is 46.3 Å². The summed E-state index contributed by atoms with van der Waals surface area (Å²) in [5.74, 6) is 0.186. The van der Waals surface area contributed by atoms with Crippen LogP contribution in [0.4, 0.5) is 0 Å². The number of rotatable bonds is 6. The quantitative estimate of drug-likeness (QED) is 0.681. The van der Waals surface area contributed by atoms with E-state index in [2.05, 4.69) is 6.92 Å². The van der Waals surface area contributed by atoms with Gasteiger partial charge >= 0.3 is 0 Å². The van der Waals surface area contributed by atoms with Crippen molar-refractivity contribution in [3.05, 3.63) is 0 Å². The van der Waals surface area contributed by atoms with Crippen LogP contribution >= 0.6 is 0 Å². The summed E-state index contributed by atoms with van der Waals surface area (Å²) in [6, 6.07) is 0.0399. The van der Waals surface area contributed by atoms with E-state index in [-0.39, 0.29) is 11.9 Å². The second-order valence-corrected chi connectivity index (χ2v) is 3.32. The van der Waals surface area contributed by atoms with Gasteiger partial charge in [0.15, 0.2) is 0 Å². The van der Waals surface area contributed by atoms with Gasteiger partial charge in [-0.05, 0) is 20.3 Å². The van der Waals surface area contributed by atoms with E-state index < -0.39 is 0 Å². The van der Waals surface area contributed by atoms with E-state index in [0.717, 1.165) is 25.9 Å². The van der Waals surface area contributed by atoms with Gasteiger partial charge in [0, 0.05) is 25.6 Å². The van der Waals surface area contributed by atoms with Gasteiger partial charge in [-0.15, -0.1) is 0 Å². The molecule has 0 aromatic rings. The van der Waals surface area contributed by atoms with Crippen LogP contribution in [0.15, 0.2) is 0 Å². The smallest absolute Gasteiger partial charge is 0.224 e. The summed E-state index contributed by atoms with van der Waals surface area (Å²) in [5, 5.41) is 0. The highest BCUT2D eigenvalue weighted by Gasteiger charge is 2.13. The SMILES string of the molecule is CCCC(N)CC(=O)N(CC)CC. The molecule has 78 valence electrons. The van der Waals surface area contributed by atoms with E-state index in [4.69, 9.17) is 5.73 Å². The van der Waals surface area contributed by atoms with Gasteiger partial charge in [-0.3, -0.25) is 4.79 Å². The molecule has 0 aromatic heterocycles. The Morgan fingerprint density at radius 2 is 1.85 bits per heavy atom. The Bertz CT molecular complexity index is 144. The molecule has 0 bridgehead atoms. The molecule has 0 rings (SSSR count). The molecule has 1 atom stereocenters. The van der Waals surface area contributed by atoms with Crippen molar-refractivity contribution in [2.24, 2.45) is 5.73 Å². The van der Waals surface area contributed by atoms with E-state index in [1.165, 1.54) is 0 Å². The van der Waals surface area contributed by atoms with Gasteiger partial charge in [-0.25, -0.2) is 0 Å². The van der Waals surface area contributed by atoms with E-state index in [9.17, 15) is 4.79 Å². The molecule has 3 nitrogen and oxygen atoms in total. The highest BCUT2D eigenvalue weighted by atomic mass is 16.2. The molecule has 1 amide bonds. The summed E-state index contributed by atoms with van der Waals surface area (Å²) in [6.07, 6.45) is 2.48. The van der Waals surface area contributed by atoms with Crippen LogP contribution in [0.1, 0.15) is 40.0 Å². The maximum Gasteiger partial charge on any atom is 0.224 e. The number of carbonyl (C=O) groups excluding carboxylic acids is 1. The average Bonchev–Trinajstić information content (AvgIpc) is 2.06. The van der Waals surface area contributed by atoms with Crippen LogP contribution in [0.2, 0.25) is 0 Å². The van der Waals surface area contributed by atoms with Crippen LogP contribution in [-0.4, -0.2) is 29.9 Å². The molecule has 0 aliphatic carbocycles. The van der Waals surface area contributed by atoms with Crippen LogP contribution in [0.5, 0.6) is 0 Å². The highest BCUT2D eigenvalue weighted by Crippen LogP contribution is 2.02. The normalized spacial score (nSPS) is 12.6. The van der Waals surface area contributed by atoms with Crippen molar-refractivity contribution in [1.82, 2.24) is 4.90 Å². The molecule has 0 heterocycles. The predicted molar refractivity (Wildman–Crippen MR) is 55.4 cm³/mol. The second-order valence-electron chi connectivity index (χ2n) is 3.32. The summed E-state index contributed by atoms with van der Waals surface area (Å²) >= 11 is 0. The molecule has 0 spiro atoms. The highest BCUT2D eigenvalue weighted by molar-refractivity contribution is 5.76. The van der Waals surface area contributed by atoms with Gasteiger partial charge in [0.1, 0.15) is 0 Å². The third-order valence-corrected chi connectivity index (χ3v) is 2.21. The van der Waals surface area contributed by atoms with Crippen molar-refractivity contribution < 1.29 is 4.79 Å². The second kappa shape index (κ2) is 6.89. The summed E-state index contributed by atoms with van der Waals surface area (Å²) < 4.78 is 0. The molecule has 3 heteroatoms.